The van der Waals surface area contributed by atoms with Gasteiger partial charge in [0.2, 0.25) is 11.8 Å². The van der Waals surface area contributed by atoms with E-state index >= 15 is 0 Å². The fourth-order valence-corrected chi connectivity index (χ4v) is 4.82. The molecule has 1 aliphatic heterocycles. The van der Waals surface area contributed by atoms with Gasteiger partial charge in [-0.15, -0.1) is 0 Å². The Kier molecular flexibility index (Phi) is 7.01. The van der Waals surface area contributed by atoms with Crippen LogP contribution in [0, 0.1) is 17.2 Å². The van der Waals surface area contributed by atoms with E-state index in [0.717, 1.165) is 17.1 Å². The molecular formula is C27H26F2N6O4. The third-order valence-corrected chi connectivity index (χ3v) is 7.03. The molecule has 10 nitrogen and oxygen atoms in total. The van der Waals surface area contributed by atoms with Crippen molar-refractivity contribution in [1.82, 2.24) is 19.4 Å². The van der Waals surface area contributed by atoms with Crippen LogP contribution in [-0.4, -0.2) is 68.1 Å². The Hall–Kier alpha value is -4.37. The maximum Gasteiger partial charge on any atom is 0.301 e. The molecule has 1 aromatic carbocycles. The first-order valence-electron chi connectivity index (χ1n) is 12.4. The van der Waals surface area contributed by atoms with Crippen LogP contribution >= 0.6 is 0 Å². The van der Waals surface area contributed by atoms with Crippen molar-refractivity contribution in [3.8, 4) is 23.1 Å². The number of halogens is 2. The number of imidazole rings is 1. The number of alkyl halides is 2. The van der Waals surface area contributed by atoms with Crippen LogP contribution in [0.2, 0.25) is 0 Å². The fraction of sp³-hybridized carbons (Fsp3) is 0.370. The van der Waals surface area contributed by atoms with E-state index in [1.165, 1.54) is 18.3 Å². The van der Waals surface area contributed by atoms with E-state index in [9.17, 15) is 23.6 Å². The summed E-state index contributed by atoms with van der Waals surface area (Å²) >= 11 is 0. The summed E-state index contributed by atoms with van der Waals surface area (Å²) in [6.45, 7) is -1.71. The van der Waals surface area contributed by atoms with Crippen LogP contribution in [0.1, 0.15) is 30.1 Å². The second-order valence-corrected chi connectivity index (χ2v) is 9.72. The lowest BCUT2D eigenvalue weighted by Gasteiger charge is -2.38. The summed E-state index contributed by atoms with van der Waals surface area (Å²) < 4.78 is 36.8. The van der Waals surface area contributed by atoms with Crippen LogP contribution in [0.5, 0.6) is 5.75 Å². The molecule has 1 saturated heterocycles. The van der Waals surface area contributed by atoms with Gasteiger partial charge in [0.05, 0.1) is 17.8 Å². The number of likely N-dealkylation sites (tertiary alicyclic amines) is 1. The summed E-state index contributed by atoms with van der Waals surface area (Å²) in [5.41, 5.74) is 1.61. The molecule has 202 valence electrons. The van der Waals surface area contributed by atoms with Crippen molar-refractivity contribution in [2.24, 2.45) is 13.0 Å². The Labute approximate surface area is 222 Å². The Morgan fingerprint density at radius 2 is 2.08 bits per heavy atom. The number of pyridine rings is 1. The summed E-state index contributed by atoms with van der Waals surface area (Å²) in [6, 6.07) is 9.85. The van der Waals surface area contributed by atoms with Gasteiger partial charge in [-0.2, -0.15) is 5.26 Å². The SMILES string of the molecule is Cn1ccnc1[C@@H]1C[C@H]1C(=O)Nc1ccnc(-c2ccc(O[C@H]3CCN(C(=O)CO)CC3(F)F)c(C#N)c2)c1. The van der Waals surface area contributed by atoms with Crippen LogP contribution < -0.4 is 10.1 Å². The number of amides is 2. The lowest BCUT2D eigenvalue weighted by molar-refractivity contribution is -0.161. The molecule has 0 unspecified atom stereocenters. The van der Waals surface area contributed by atoms with E-state index in [-0.39, 0.29) is 42.0 Å². The number of nitriles is 1. The molecule has 2 aromatic heterocycles. The first kappa shape index (κ1) is 26.2. The fourth-order valence-electron chi connectivity index (χ4n) is 4.82. The lowest BCUT2D eigenvalue weighted by atomic mass is 10.0. The molecular weight excluding hydrogens is 510 g/mol. The van der Waals surface area contributed by atoms with E-state index in [1.807, 2.05) is 23.9 Å². The highest BCUT2D eigenvalue weighted by Crippen LogP contribution is 2.47. The molecule has 1 aliphatic carbocycles. The largest absolute Gasteiger partial charge is 0.483 e. The highest BCUT2D eigenvalue weighted by atomic mass is 19.3. The number of aryl methyl sites for hydroxylation is 1. The minimum absolute atomic E-state index is 0.00532. The molecule has 2 aliphatic rings. The smallest absolute Gasteiger partial charge is 0.301 e. The number of piperidine rings is 1. The predicted octanol–water partition coefficient (Wildman–Crippen LogP) is 2.70. The summed E-state index contributed by atoms with van der Waals surface area (Å²) in [4.78, 5) is 33.9. The number of aromatic nitrogens is 3. The molecule has 0 radical (unpaired) electrons. The second-order valence-electron chi connectivity index (χ2n) is 9.72. The second kappa shape index (κ2) is 10.4. The summed E-state index contributed by atoms with van der Waals surface area (Å²) in [5, 5.41) is 21.5. The van der Waals surface area contributed by atoms with E-state index in [2.05, 4.69) is 15.3 Å². The molecule has 2 amide bonds. The van der Waals surface area contributed by atoms with E-state index < -0.39 is 31.1 Å². The van der Waals surface area contributed by atoms with Crippen molar-refractivity contribution in [3.05, 3.63) is 60.3 Å². The van der Waals surface area contributed by atoms with Gasteiger partial charge in [-0.25, -0.2) is 13.8 Å². The van der Waals surface area contributed by atoms with Crippen LogP contribution in [0.4, 0.5) is 14.5 Å². The van der Waals surface area contributed by atoms with Crippen molar-refractivity contribution in [2.75, 3.05) is 25.0 Å². The quantitative estimate of drug-likeness (QED) is 0.474. The van der Waals surface area contributed by atoms with Gasteiger partial charge < -0.3 is 24.6 Å². The first-order valence-corrected chi connectivity index (χ1v) is 12.4. The van der Waals surface area contributed by atoms with Crippen molar-refractivity contribution < 1.29 is 28.2 Å². The number of hydrogen-bond acceptors (Lipinski definition) is 7. The van der Waals surface area contributed by atoms with Crippen molar-refractivity contribution in [3.63, 3.8) is 0 Å². The molecule has 12 heteroatoms. The summed E-state index contributed by atoms with van der Waals surface area (Å²) in [7, 11) is 1.89. The van der Waals surface area contributed by atoms with Gasteiger partial charge in [0.1, 0.15) is 24.3 Å². The number of ether oxygens (including phenoxy) is 1. The number of nitrogens with zero attached hydrogens (tertiary/aromatic N) is 5. The molecule has 3 heterocycles. The molecule has 3 aromatic rings. The van der Waals surface area contributed by atoms with Crippen LogP contribution in [0.15, 0.2) is 48.9 Å². The van der Waals surface area contributed by atoms with E-state index in [4.69, 9.17) is 9.84 Å². The molecule has 3 atom stereocenters. The monoisotopic (exact) mass is 536 g/mol. The number of aliphatic hydroxyl groups is 1. The van der Waals surface area contributed by atoms with Gasteiger partial charge in [0, 0.05) is 61.7 Å². The molecule has 1 saturated carbocycles. The number of carbonyl (C=O) groups excluding carboxylic acids is 2. The number of carbonyl (C=O) groups is 2. The molecule has 0 spiro atoms. The third kappa shape index (κ3) is 5.44. The van der Waals surface area contributed by atoms with Gasteiger partial charge in [0.15, 0.2) is 6.10 Å². The molecule has 2 fully saturated rings. The van der Waals surface area contributed by atoms with Gasteiger partial charge >= 0.3 is 5.92 Å². The molecule has 39 heavy (non-hydrogen) atoms. The summed E-state index contributed by atoms with van der Waals surface area (Å²) in [6.07, 6.45) is 4.12. The van der Waals surface area contributed by atoms with Crippen LogP contribution in [-0.2, 0) is 16.6 Å². The molecule has 2 N–H and O–H groups in total. The Balaban J connectivity index is 1.27. The first-order chi connectivity index (χ1) is 18.7. The standard InChI is InChI=1S/C27H26F2N6O4/c1-34-9-7-32-25(34)19-12-20(19)26(38)33-18-4-6-31-21(11-18)16-2-3-22(17(10-16)13-30)39-23-5-8-35(24(37)14-36)15-27(23,28)29/h2-4,6-7,9-11,19-20,23,36H,5,8,12,14-15H2,1H3,(H,31,33,38)/t19-,20-,23+/m1/s1. The highest BCUT2D eigenvalue weighted by molar-refractivity contribution is 5.95. The van der Waals surface area contributed by atoms with Gasteiger partial charge in [-0.1, -0.05) is 0 Å². The zero-order valence-electron chi connectivity index (χ0n) is 21.1. The maximum atomic E-state index is 14.7. The van der Waals surface area contributed by atoms with Gasteiger partial charge in [-0.3, -0.25) is 14.6 Å². The zero-order chi connectivity index (χ0) is 27.7. The Bertz CT molecular complexity index is 1450. The average Bonchev–Trinajstić information content (AvgIpc) is 3.61. The average molecular weight is 537 g/mol. The number of benzene rings is 1. The molecule has 5 rings (SSSR count). The van der Waals surface area contributed by atoms with Crippen LogP contribution in [0.25, 0.3) is 11.3 Å². The third-order valence-electron chi connectivity index (χ3n) is 7.03. The topological polar surface area (TPSA) is 133 Å². The predicted molar refractivity (Wildman–Crippen MR) is 135 cm³/mol. The van der Waals surface area contributed by atoms with E-state index in [1.54, 1.807) is 24.4 Å². The summed E-state index contributed by atoms with van der Waals surface area (Å²) in [5.74, 6) is -3.48. The zero-order valence-corrected chi connectivity index (χ0v) is 21.1. The number of rotatable bonds is 7. The maximum absolute atomic E-state index is 14.7. The van der Waals surface area contributed by atoms with E-state index in [0.29, 0.717) is 16.9 Å². The lowest BCUT2D eigenvalue weighted by Crippen LogP contribution is -2.55. The molecule has 0 bridgehead atoms. The van der Waals surface area contributed by atoms with Crippen LogP contribution in [0.3, 0.4) is 0 Å². The van der Waals surface area contributed by atoms with Crippen molar-refractivity contribution >= 4 is 17.5 Å². The van der Waals surface area contributed by atoms with Gasteiger partial charge in [-0.05, 0) is 36.8 Å². The number of nitrogens with one attached hydrogen (secondary N) is 1. The van der Waals surface area contributed by atoms with Crippen molar-refractivity contribution in [1.29, 1.82) is 5.26 Å². The highest BCUT2D eigenvalue weighted by Gasteiger charge is 2.48. The number of hydrogen-bond donors (Lipinski definition) is 2. The number of aliphatic hydroxyl groups excluding tert-OH is 1. The number of anilines is 1. The van der Waals surface area contributed by atoms with Crippen molar-refractivity contribution in [2.45, 2.75) is 30.8 Å². The Morgan fingerprint density at radius 1 is 1.26 bits per heavy atom. The minimum Gasteiger partial charge on any atom is -0.483 e. The Morgan fingerprint density at radius 3 is 2.77 bits per heavy atom. The minimum atomic E-state index is -3.36. The normalized spacial score (nSPS) is 21.6. The van der Waals surface area contributed by atoms with Gasteiger partial charge in [0.25, 0.3) is 0 Å².